The molecule has 50 heavy (non-hydrogen) atoms. The van der Waals surface area contributed by atoms with Crippen molar-refractivity contribution in [1.82, 2.24) is 21.0 Å². The molecule has 2 atom stereocenters. The van der Waals surface area contributed by atoms with E-state index in [1.54, 1.807) is 31.2 Å². The van der Waals surface area contributed by atoms with Crippen LogP contribution in [0.25, 0.3) is 11.3 Å². The van der Waals surface area contributed by atoms with Crippen LogP contribution in [-0.4, -0.2) is 67.8 Å². The number of carbonyl (C=O) groups is 5. The number of carbonyl (C=O) groups excluding carboxylic acids is 5. The van der Waals surface area contributed by atoms with Crippen molar-refractivity contribution < 1.29 is 42.7 Å². The summed E-state index contributed by atoms with van der Waals surface area (Å²) in [6, 6.07) is 16.8. The van der Waals surface area contributed by atoms with Crippen LogP contribution in [0.5, 0.6) is 5.75 Å². The number of amides is 5. The van der Waals surface area contributed by atoms with E-state index in [0.29, 0.717) is 42.9 Å². The van der Waals surface area contributed by atoms with Gasteiger partial charge in [-0.1, -0.05) is 63.4 Å². The molecular formula is C36H47N5O9. The minimum absolute atomic E-state index is 0.0157. The third-order valence-electron chi connectivity index (χ3n) is 7.73. The number of furan rings is 1. The van der Waals surface area contributed by atoms with Gasteiger partial charge in [0, 0.05) is 11.1 Å². The Hall–Kier alpha value is -5.37. The number of nitrogens with one attached hydrogen (secondary N) is 3. The van der Waals surface area contributed by atoms with Crippen LogP contribution in [0.3, 0.4) is 0 Å². The van der Waals surface area contributed by atoms with Gasteiger partial charge in [0.15, 0.2) is 5.76 Å². The van der Waals surface area contributed by atoms with Crippen molar-refractivity contribution in [2.45, 2.75) is 65.5 Å². The molecule has 0 radical (unpaired) electrons. The topological polar surface area (TPSA) is 192 Å². The second-order valence-electron chi connectivity index (χ2n) is 11.3. The third-order valence-corrected chi connectivity index (χ3v) is 7.73. The molecular weight excluding hydrogens is 646 g/mol. The number of hydroxylamine groups is 2. The number of unbranched alkanes of at least 4 members (excludes halogenated alkanes) is 2. The van der Waals surface area contributed by atoms with Crippen LogP contribution < -0.4 is 26.4 Å². The number of ether oxygens (including phenoxy) is 2. The van der Waals surface area contributed by atoms with Gasteiger partial charge in [0.05, 0.1) is 31.8 Å². The Morgan fingerprint density at radius 3 is 2.40 bits per heavy atom. The van der Waals surface area contributed by atoms with Crippen molar-refractivity contribution in [2.24, 2.45) is 11.7 Å². The molecule has 5 amide bonds. The van der Waals surface area contributed by atoms with E-state index in [9.17, 15) is 24.0 Å². The molecule has 2 unspecified atom stereocenters. The molecule has 0 bridgehead atoms. The van der Waals surface area contributed by atoms with Gasteiger partial charge in [0.2, 0.25) is 12.3 Å². The van der Waals surface area contributed by atoms with Crippen LogP contribution in [0.4, 0.5) is 4.79 Å². The normalized spacial score (nSPS) is 11.9. The van der Waals surface area contributed by atoms with Crippen molar-refractivity contribution in [3.63, 3.8) is 0 Å². The molecule has 3 rings (SSSR count). The summed E-state index contributed by atoms with van der Waals surface area (Å²) in [5.41, 5.74) is 6.58. The Bertz CT molecular complexity index is 1550. The zero-order chi connectivity index (χ0) is 36.3. The third kappa shape index (κ3) is 12.3. The summed E-state index contributed by atoms with van der Waals surface area (Å²) in [4.78, 5) is 67.9. The van der Waals surface area contributed by atoms with Gasteiger partial charge in [-0.2, -0.15) is 0 Å². The van der Waals surface area contributed by atoms with Crippen molar-refractivity contribution in [3.8, 4) is 17.1 Å². The number of primary amides is 1. The predicted octanol–water partition coefficient (Wildman–Crippen LogP) is 4.54. The Labute approximate surface area is 291 Å². The molecule has 0 saturated carbocycles. The monoisotopic (exact) mass is 693 g/mol. The fourth-order valence-electron chi connectivity index (χ4n) is 5.27. The maximum atomic E-state index is 13.5. The molecule has 1 heterocycles. The second kappa shape index (κ2) is 20.9. The number of hydrogen-bond donors (Lipinski definition) is 4. The van der Waals surface area contributed by atoms with E-state index >= 15 is 0 Å². The van der Waals surface area contributed by atoms with E-state index in [4.69, 9.17) is 19.7 Å². The standard InChI is InChI=1S/C36H47N5O9/c1-4-7-9-14-29(30(5-2)41(24-42)49-22-25-12-10-8-11-13-25)34(44)39-23-40-35(45)32-16-15-31(50-32)26-19-27(21-28(20-26)47-6-3)33(43)38-17-18-48-36(37)46/h8,10-13,15-16,19-21,24,29-30H,4-7,9,14,17-18,22-23H2,1-3H3,(H2,37,46)(H,38,43)(H,39,44)(H,40,45). The first-order valence-electron chi connectivity index (χ1n) is 16.7. The molecule has 0 saturated heterocycles. The Morgan fingerprint density at radius 2 is 1.72 bits per heavy atom. The van der Waals surface area contributed by atoms with E-state index in [0.717, 1.165) is 24.8 Å². The average Bonchev–Trinajstić information content (AvgIpc) is 3.62. The summed E-state index contributed by atoms with van der Waals surface area (Å²) in [6.07, 6.45) is 3.36. The Kier molecular flexibility index (Phi) is 16.3. The lowest BCUT2D eigenvalue weighted by Crippen LogP contribution is -2.48. The first kappa shape index (κ1) is 39.1. The maximum absolute atomic E-state index is 13.5. The molecule has 14 heteroatoms. The van der Waals surface area contributed by atoms with E-state index in [1.807, 2.05) is 37.3 Å². The second-order valence-corrected chi connectivity index (χ2v) is 11.3. The zero-order valence-corrected chi connectivity index (χ0v) is 28.8. The quantitative estimate of drug-likeness (QED) is 0.0506. The van der Waals surface area contributed by atoms with Crippen LogP contribution in [0, 0.1) is 5.92 Å². The lowest BCUT2D eigenvalue weighted by Gasteiger charge is -2.32. The molecule has 3 aromatic rings. The van der Waals surface area contributed by atoms with Gasteiger partial charge in [-0.05, 0) is 55.7 Å². The van der Waals surface area contributed by atoms with Gasteiger partial charge in [-0.3, -0.25) is 24.0 Å². The van der Waals surface area contributed by atoms with Crippen LogP contribution in [0.2, 0.25) is 0 Å². The SMILES string of the molecule is CCCCCC(C(=O)NCNC(=O)c1ccc(-c2cc(OCC)cc(C(=O)NCCOC(N)=O)c2)o1)C(CC)N(C=O)OCc1ccccc1. The fourth-order valence-corrected chi connectivity index (χ4v) is 5.27. The lowest BCUT2D eigenvalue weighted by molar-refractivity contribution is -0.200. The van der Waals surface area contributed by atoms with E-state index in [-0.39, 0.29) is 43.7 Å². The first-order valence-corrected chi connectivity index (χ1v) is 16.7. The van der Waals surface area contributed by atoms with Gasteiger partial charge in [-0.15, -0.1) is 0 Å². The average molecular weight is 694 g/mol. The summed E-state index contributed by atoms with van der Waals surface area (Å²) in [7, 11) is 0. The van der Waals surface area contributed by atoms with Crippen LogP contribution in [0.15, 0.2) is 65.1 Å². The molecule has 14 nitrogen and oxygen atoms in total. The minimum atomic E-state index is -0.942. The number of nitrogens with two attached hydrogens (primary N) is 1. The van der Waals surface area contributed by atoms with E-state index in [1.165, 1.54) is 11.1 Å². The summed E-state index contributed by atoms with van der Waals surface area (Å²) in [5, 5.41) is 9.28. The van der Waals surface area contributed by atoms with Gasteiger partial charge in [0.1, 0.15) is 24.7 Å². The summed E-state index contributed by atoms with van der Waals surface area (Å²) >= 11 is 0. The van der Waals surface area contributed by atoms with Gasteiger partial charge < -0.3 is 35.6 Å². The highest BCUT2D eigenvalue weighted by Crippen LogP contribution is 2.28. The van der Waals surface area contributed by atoms with E-state index < -0.39 is 29.9 Å². The number of hydrogen-bond acceptors (Lipinski definition) is 9. The van der Waals surface area contributed by atoms with Gasteiger partial charge >= 0.3 is 6.09 Å². The molecule has 1 aromatic heterocycles. The molecule has 0 fully saturated rings. The highest BCUT2D eigenvalue weighted by Gasteiger charge is 2.32. The van der Waals surface area contributed by atoms with Crippen molar-refractivity contribution in [1.29, 1.82) is 0 Å². The smallest absolute Gasteiger partial charge is 0.404 e. The zero-order valence-electron chi connectivity index (χ0n) is 28.8. The Morgan fingerprint density at radius 1 is 0.940 bits per heavy atom. The van der Waals surface area contributed by atoms with Gasteiger partial charge in [-0.25, -0.2) is 9.86 Å². The lowest BCUT2D eigenvalue weighted by atomic mass is 9.90. The van der Waals surface area contributed by atoms with Crippen molar-refractivity contribution in [3.05, 3.63) is 77.6 Å². The molecule has 5 N–H and O–H groups in total. The van der Waals surface area contributed by atoms with Crippen molar-refractivity contribution in [2.75, 3.05) is 26.4 Å². The predicted molar refractivity (Wildman–Crippen MR) is 185 cm³/mol. The number of rotatable bonds is 22. The van der Waals surface area contributed by atoms with Gasteiger partial charge in [0.25, 0.3) is 11.8 Å². The summed E-state index contributed by atoms with van der Waals surface area (Å²) in [6.45, 7) is 6.08. The van der Waals surface area contributed by atoms with Crippen LogP contribution in [-0.2, 0) is 25.8 Å². The maximum Gasteiger partial charge on any atom is 0.404 e. The fraction of sp³-hybridized carbons (Fsp3) is 0.417. The molecule has 0 spiro atoms. The van der Waals surface area contributed by atoms with Crippen LogP contribution >= 0.6 is 0 Å². The Balaban J connectivity index is 1.65. The van der Waals surface area contributed by atoms with Crippen molar-refractivity contribution >= 4 is 30.2 Å². The highest BCUT2D eigenvalue weighted by molar-refractivity contribution is 5.96. The van der Waals surface area contributed by atoms with Crippen LogP contribution in [0.1, 0.15) is 79.4 Å². The molecule has 2 aromatic carbocycles. The summed E-state index contributed by atoms with van der Waals surface area (Å²) in [5.74, 6) is -1.21. The highest BCUT2D eigenvalue weighted by atomic mass is 16.7. The molecule has 270 valence electrons. The molecule has 0 aliphatic rings. The van der Waals surface area contributed by atoms with E-state index in [2.05, 4.69) is 27.6 Å². The molecule has 0 aliphatic carbocycles. The first-order chi connectivity index (χ1) is 24.2. The molecule has 0 aliphatic heterocycles. The minimum Gasteiger partial charge on any atom is -0.494 e. The largest absolute Gasteiger partial charge is 0.494 e. The summed E-state index contributed by atoms with van der Waals surface area (Å²) < 4.78 is 16.1. The number of benzene rings is 2. The number of nitrogens with zero attached hydrogens (tertiary/aromatic N) is 1.